The lowest BCUT2D eigenvalue weighted by atomic mass is 10.1. The Hall–Kier alpha value is -3.05. The molecule has 0 unspecified atom stereocenters. The van der Waals surface area contributed by atoms with Crippen LogP contribution in [0.3, 0.4) is 0 Å². The number of hydrogen-bond donors (Lipinski definition) is 0. The number of nitro groups is 1. The van der Waals surface area contributed by atoms with Crippen LogP contribution in [0.2, 0.25) is 0 Å². The second-order valence-corrected chi connectivity index (χ2v) is 8.26. The molecular weight excluding hydrogens is 442 g/mol. The Morgan fingerprint density at radius 2 is 1.84 bits per heavy atom. The highest BCUT2D eigenvalue weighted by molar-refractivity contribution is 7.98. The van der Waals surface area contributed by atoms with Crippen LogP contribution in [0.25, 0.3) is 10.2 Å². The second kappa shape index (κ2) is 9.84. The van der Waals surface area contributed by atoms with E-state index in [1.165, 1.54) is 56.9 Å². The van der Waals surface area contributed by atoms with E-state index in [-0.39, 0.29) is 11.3 Å². The third-order valence-electron chi connectivity index (χ3n) is 4.51. The van der Waals surface area contributed by atoms with Crippen LogP contribution >= 0.6 is 23.1 Å². The molecule has 0 bridgehead atoms. The summed E-state index contributed by atoms with van der Waals surface area (Å²) in [5, 5.41) is 11.1. The summed E-state index contributed by atoms with van der Waals surface area (Å²) in [6, 6.07) is 7.72. The molecule has 2 aromatic carbocycles. The molecule has 0 aliphatic carbocycles. The molecule has 0 aliphatic heterocycles. The molecule has 1 heterocycles. The maximum absolute atomic E-state index is 13.0. The van der Waals surface area contributed by atoms with Gasteiger partial charge in [-0.2, -0.15) is 16.8 Å². The lowest BCUT2D eigenvalue weighted by molar-refractivity contribution is -0.384. The number of fused-ring (bicyclic) bond motifs is 1. The Kier molecular flexibility index (Phi) is 7.18. The van der Waals surface area contributed by atoms with E-state index in [1.54, 1.807) is 17.8 Å². The summed E-state index contributed by atoms with van der Waals surface area (Å²) in [6.07, 6.45) is 1.98. The summed E-state index contributed by atoms with van der Waals surface area (Å²) in [6.45, 7) is 0.611. The van der Waals surface area contributed by atoms with Crippen LogP contribution in [-0.2, 0) is 6.54 Å². The fourth-order valence-corrected chi connectivity index (χ4v) is 4.47. The molecule has 3 rings (SSSR count). The van der Waals surface area contributed by atoms with Crippen LogP contribution < -0.4 is 19.0 Å². The van der Waals surface area contributed by atoms with Gasteiger partial charge in [0.25, 0.3) is 11.6 Å². The maximum atomic E-state index is 13.0. The first kappa shape index (κ1) is 22.6. The highest BCUT2D eigenvalue weighted by Gasteiger charge is 2.18. The third-order valence-corrected chi connectivity index (χ3v) is 6.14. The fraction of sp³-hybridized carbons (Fsp3) is 0.300. The summed E-state index contributed by atoms with van der Waals surface area (Å²) >= 11 is 2.89. The number of carbonyl (C=O) groups is 1. The number of methoxy groups -OCH3 is 3. The van der Waals surface area contributed by atoms with Crippen molar-refractivity contribution in [2.24, 2.45) is 4.99 Å². The van der Waals surface area contributed by atoms with Gasteiger partial charge >= 0.3 is 0 Å². The normalized spacial score (nSPS) is 11.5. The number of ether oxygens (including phenoxy) is 3. The zero-order chi connectivity index (χ0) is 22.5. The zero-order valence-electron chi connectivity index (χ0n) is 17.4. The van der Waals surface area contributed by atoms with Crippen LogP contribution in [0.5, 0.6) is 17.2 Å². The highest BCUT2D eigenvalue weighted by Crippen LogP contribution is 2.38. The molecule has 1 aromatic heterocycles. The number of benzene rings is 2. The minimum Gasteiger partial charge on any atom is -0.493 e. The van der Waals surface area contributed by atoms with Gasteiger partial charge in [-0.25, -0.2) is 0 Å². The van der Waals surface area contributed by atoms with E-state index in [0.717, 1.165) is 11.3 Å². The average Bonchev–Trinajstić information content (AvgIpc) is 3.12. The van der Waals surface area contributed by atoms with Gasteiger partial charge in [0.15, 0.2) is 16.3 Å². The number of aryl methyl sites for hydroxylation is 1. The topological polar surface area (TPSA) is 105 Å². The largest absolute Gasteiger partial charge is 0.493 e. The number of aromatic nitrogens is 1. The number of carbonyl (C=O) groups excluding carboxylic acids is 1. The first-order valence-electron chi connectivity index (χ1n) is 9.09. The summed E-state index contributed by atoms with van der Waals surface area (Å²) in [4.78, 5) is 28.5. The molecule has 11 heteroatoms. The van der Waals surface area contributed by atoms with Crippen LogP contribution in [0.4, 0.5) is 5.69 Å². The van der Waals surface area contributed by atoms with Crippen molar-refractivity contribution in [1.29, 1.82) is 0 Å². The Morgan fingerprint density at radius 3 is 2.39 bits per heavy atom. The summed E-state index contributed by atoms with van der Waals surface area (Å²) in [7, 11) is 4.42. The SMILES string of the molecule is COc1cc(C(=O)N=c2sc3cc([N+](=O)[O-])ccc3n2CCSC)cc(OC)c1OC. The van der Waals surface area contributed by atoms with Crippen molar-refractivity contribution in [3.05, 3.63) is 50.8 Å². The molecular formula is C20H21N3O6S2. The lowest BCUT2D eigenvalue weighted by Crippen LogP contribution is -2.18. The van der Waals surface area contributed by atoms with E-state index in [4.69, 9.17) is 14.2 Å². The van der Waals surface area contributed by atoms with E-state index in [9.17, 15) is 14.9 Å². The molecule has 0 spiro atoms. The quantitative estimate of drug-likeness (QED) is 0.370. The first-order chi connectivity index (χ1) is 14.9. The smallest absolute Gasteiger partial charge is 0.279 e. The van der Waals surface area contributed by atoms with Gasteiger partial charge in [-0.3, -0.25) is 14.9 Å². The van der Waals surface area contributed by atoms with E-state index >= 15 is 0 Å². The van der Waals surface area contributed by atoms with Crippen molar-refractivity contribution in [1.82, 2.24) is 4.57 Å². The van der Waals surface area contributed by atoms with Gasteiger partial charge in [-0.05, 0) is 24.5 Å². The highest BCUT2D eigenvalue weighted by atomic mass is 32.2. The van der Waals surface area contributed by atoms with Gasteiger partial charge in [-0.15, -0.1) is 0 Å². The average molecular weight is 464 g/mol. The third kappa shape index (κ3) is 4.67. The monoisotopic (exact) mass is 463 g/mol. The van der Waals surface area contributed by atoms with Gasteiger partial charge in [0.05, 0.1) is 36.5 Å². The number of hydrogen-bond acceptors (Lipinski definition) is 8. The first-order valence-corrected chi connectivity index (χ1v) is 11.3. The van der Waals surface area contributed by atoms with Crippen molar-refractivity contribution < 1.29 is 23.9 Å². The van der Waals surface area contributed by atoms with Crippen LogP contribution in [0, 0.1) is 10.1 Å². The van der Waals surface area contributed by atoms with Crippen molar-refractivity contribution in [3.8, 4) is 17.2 Å². The van der Waals surface area contributed by atoms with E-state index < -0.39 is 10.8 Å². The standard InChI is InChI=1S/C20H21N3O6S2/c1-27-15-9-12(10-16(28-2)18(15)29-3)19(24)21-20-22(7-8-30-4)14-6-5-13(23(25)26)11-17(14)31-20/h5-6,9-11H,7-8H2,1-4H3. The Balaban J connectivity index is 2.14. The molecule has 3 aromatic rings. The number of thiazole rings is 1. The van der Waals surface area contributed by atoms with E-state index in [1.807, 2.05) is 10.8 Å². The minimum atomic E-state index is -0.488. The lowest BCUT2D eigenvalue weighted by Gasteiger charge is -2.12. The summed E-state index contributed by atoms with van der Waals surface area (Å²) in [5.74, 6) is 1.39. The van der Waals surface area contributed by atoms with Crippen molar-refractivity contribution in [3.63, 3.8) is 0 Å². The molecule has 0 N–H and O–H groups in total. The van der Waals surface area contributed by atoms with Crippen molar-refractivity contribution in [2.45, 2.75) is 6.54 Å². The minimum absolute atomic E-state index is 0.00623. The van der Waals surface area contributed by atoms with Gasteiger partial charge in [0.1, 0.15) is 0 Å². The number of rotatable bonds is 8. The molecule has 0 aliphatic rings. The van der Waals surface area contributed by atoms with Crippen LogP contribution in [-0.4, -0.2) is 48.7 Å². The number of nitro benzene ring substituents is 1. The molecule has 164 valence electrons. The number of nitrogens with zero attached hydrogens (tertiary/aromatic N) is 3. The number of amides is 1. The van der Waals surface area contributed by atoms with Gasteiger partial charge in [-0.1, -0.05) is 11.3 Å². The Morgan fingerprint density at radius 1 is 1.16 bits per heavy atom. The fourth-order valence-electron chi connectivity index (χ4n) is 3.02. The Labute approximate surface area is 186 Å². The van der Waals surface area contributed by atoms with Gasteiger partial charge in [0.2, 0.25) is 5.75 Å². The summed E-state index contributed by atoms with van der Waals surface area (Å²) in [5.41, 5.74) is 1.06. The molecule has 0 saturated carbocycles. The van der Waals surface area contributed by atoms with Crippen molar-refractivity contribution >= 4 is 44.9 Å². The predicted molar refractivity (Wildman–Crippen MR) is 121 cm³/mol. The van der Waals surface area contributed by atoms with E-state index in [0.29, 0.717) is 33.3 Å². The molecule has 0 radical (unpaired) electrons. The van der Waals surface area contributed by atoms with Crippen molar-refractivity contribution in [2.75, 3.05) is 33.3 Å². The van der Waals surface area contributed by atoms with Gasteiger partial charge < -0.3 is 18.8 Å². The molecule has 0 atom stereocenters. The van der Waals surface area contributed by atoms with Crippen LogP contribution in [0.15, 0.2) is 35.3 Å². The number of non-ortho nitro benzene ring substituents is 1. The van der Waals surface area contributed by atoms with E-state index in [2.05, 4.69) is 4.99 Å². The molecule has 0 fully saturated rings. The zero-order valence-corrected chi connectivity index (χ0v) is 19.0. The van der Waals surface area contributed by atoms with Crippen LogP contribution in [0.1, 0.15) is 10.4 Å². The molecule has 31 heavy (non-hydrogen) atoms. The molecule has 1 amide bonds. The second-order valence-electron chi connectivity index (χ2n) is 6.27. The Bertz CT molecular complexity index is 1180. The molecule has 0 saturated heterocycles. The maximum Gasteiger partial charge on any atom is 0.279 e. The predicted octanol–water partition coefficient (Wildman–Crippen LogP) is 3.74. The summed E-state index contributed by atoms with van der Waals surface area (Å²) < 4.78 is 18.5. The number of thioether (sulfide) groups is 1. The molecule has 9 nitrogen and oxygen atoms in total. The van der Waals surface area contributed by atoms with Gasteiger partial charge in [0, 0.05) is 30.0 Å².